The number of aliphatic carboxylic acids is 2. The summed E-state index contributed by atoms with van der Waals surface area (Å²) in [5.41, 5.74) is 0.00265. The molecule has 0 heterocycles. The molecular formula is C22H41NaO4. The van der Waals surface area contributed by atoms with Gasteiger partial charge in [0.15, 0.2) is 0 Å². The molecule has 0 atom stereocenters. The van der Waals surface area contributed by atoms with Gasteiger partial charge in [-0.25, -0.2) is 9.59 Å². The number of rotatable bonds is 19. The Balaban J connectivity index is -0.00000312. The molecule has 27 heavy (non-hydrogen) atoms. The zero-order valence-corrected chi connectivity index (χ0v) is 19.8. The predicted octanol–water partition coefficient (Wildman–Crippen LogP) is 3.85. The van der Waals surface area contributed by atoms with Gasteiger partial charge in [0, 0.05) is 11.6 Å². The van der Waals surface area contributed by atoms with E-state index in [1.165, 1.54) is 83.5 Å². The van der Waals surface area contributed by atoms with Crippen molar-refractivity contribution in [1.82, 2.24) is 0 Å². The molecule has 0 saturated carbocycles. The zero-order valence-electron chi connectivity index (χ0n) is 18.8. The van der Waals surface area contributed by atoms with Crippen molar-refractivity contribution in [2.24, 2.45) is 0 Å². The van der Waals surface area contributed by atoms with E-state index in [4.69, 9.17) is 10.2 Å². The number of hydrogen-bond acceptors (Lipinski definition) is 2. The van der Waals surface area contributed by atoms with Crippen molar-refractivity contribution in [3.05, 3.63) is 11.6 Å². The van der Waals surface area contributed by atoms with Crippen molar-refractivity contribution < 1.29 is 50.8 Å². The van der Waals surface area contributed by atoms with E-state index in [2.05, 4.69) is 6.92 Å². The summed E-state index contributed by atoms with van der Waals surface area (Å²) in [5, 5.41) is 17.5. The average Bonchev–Trinajstić information content (AvgIpc) is 2.59. The van der Waals surface area contributed by atoms with Gasteiger partial charge in [0.25, 0.3) is 0 Å². The molecule has 0 aromatic rings. The zero-order chi connectivity index (χ0) is 19.5. The van der Waals surface area contributed by atoms with E-state index in [1.54, 1.807) is 0 Å². The van der Waals surface area contributed by atoms with Crippen molar-refractivity contribution in [3.8, 4) is 0 Å². The maximum atomic E-state index is 10.9. The molecule has 0 aromatic carbocycles. The van der Waals surface area contributed by atoms with Gasteiger partial charge in [0.2, 0.25) is 0 Å². The minimum absolute atomic E-state index is 0. The second kappa shape index (κ2) is 22.0. The summed E-state index contributed by atoms with van der Waals surface area (Å²) in [6, 6.07) is 0. The van der Waals surface area contributed by atoms with Crippen molar-refractivity contribution in [2.75, 3.05) is 0 Å². The third-order valence-electron chi connectivity index (χ3n) is 4.87. The fourth-order valence-electron chi connectivity index (χ4n) is 3.25. The van der Waals surface area contributed by atoms with Crippen LogP contribution in [-0.4, -0.2) is 22.2 Å². The molecule has 154 valence electrons. The summed E-state index contributed by atoms with van der Waals surface area (Å²) in [6.45, 7) is 2.26. The molecule has 0 aliphatic rings. The predicted molar refractivity (Wildman–Crippen MR) is 109 cm³/mol. The van der Waals surface area contributed by atoms with Gasteiger partial charge in [-0.05, 0) is 12.8 Å². The van der Waals surface area contributed by atoms with Gasteiger partial charge < -0.3 is 11.6 Å². The van der Waals surface area contributed by atoms with Crippen LogP contribution in [0.25, 0.3) is 0 Å². The molecule has 0 saturated heterocycles. The Bertz CT molecular complexity index is 400. The first-order valence-electron chi connectivity index (χ1n) is 10.7. The topological polar surface area (TPSA) is 74.6 Å². The minimum atomic E-state index is -1.18. The van der Waals surface area contributed by atoms with Crippen molar-refractivity contribution in [2.45, 2.75) is 116 Å². The molecule has 0 amide bonds. The van der Waals surface area contributed by atoms with Crippen LogP contribution in [0.5, 0.6) is 0 Å². The molecule has 2 N–H and O–H groups in total. The van der Waals surface area contributed by atoms with E-state index in [1.807, 2.05) is 0 Å². The molecular weight excluding hydrogens is 351 g/mol. The Kier molecular flexibility index (Phi) is 23.5. The second-order valence-corrected chi connectivity index (χ2v) is 7.37. The van der Waals surface area contributed by atoms with Crippen LogP contribution < -0.4 is 29.6 Å². The molecule has 0 fully saturated rings. The third-order valence-corrected chi connectivity index (χ3v) is 4.87. The molecule has 0 rings (SSSR count). The van der Waals surface area contributed by atoms with Gasteiger partial charge in [0.05, 0.1) is 0 Å². The molecule has 4 nitrogen and oxygen atoms in total. The van der Waals surface area contributed by atoms with Gasteiger partial charge in [-0.3, -0.25) is 0 Å². The molecule has 0 aliphatic heterocycles. The molecule has 0 spiro atoms. The molecule has 0 unspecified atom stereocenters. The summed E-state index contributed by atoms with van der Waals surface area (Å²) < 4.78 is 0. The Morgan fingerprint density at radius 2 is 1.00 bits per heavy atom. The summed E-state index contributed by atoms with van der Waals surface area (Å²) in [6.07, 6.45) is 21.6. The summed E-state index contributed by atoms with van der Waals surface area (Å²) in [7, 11) is 0. The quantitative estimate of drug-likeness (QED) is 0.199. The van der Waals surface area contributed by atoms with Crippen molar-refractivity contribution in [1.29, 1.82) is 0 Å². The summed E-state index contributed by atoms with van der Waals surface area (Å²) in [5.74, 6) is -2.30. The number of carboxylic acids is 2. The van der Waals surface area contributed by atoms with Crippen LogP contribution in [0.15, 0.2) is 11.6 Å². The van der Waals surface area contributed by atoms with Gasteiger partial charge in [-0.2, -0.15) is 0 Å². The molecule has 0 radical (unpaired) electrons. The maximum absolute atomic E-state index is 10.9. The number of carboxylic acid groups (broad SMARTS) is 2. The van der Waals surface area contributed by atoms with E-state index in [0.717, 1.165) is 25.3 Å². The molecule has 0 bridgehead atoms. The van der Waals surface area contributed by atoms with E-state index in [0.29, 0.717) is 6.42 Å². The Labute approximate surface area is 190 Å². The van der Waals surface area contributed by atoms with E-state index in [9.17, 15) is 9.59 Å². The van der Waals surface area contributed by atoms with Crippen LogP contribution in [0.1, 0.15) is 118 Å². The van der Waals surface area contributed by atoms with Gasteiger partial charge >= 0.3 is 41.5 Å². The fraction of sp³-hybridized carbons (Fsp3) is 0.818. The van der Waals surface area contributed by atoms with E-state index < -0.39 is 11.9 Å². The van der Waals surface area contributed by atoms with Crippen LogP contribution in [-0.2, 0) is 9.59 Å². The van der Waals surface area contributed by atoms with Crippen LogP contribution in [0.3, 0.4) is 0 Å². The normalized spacial score (nSPS) is 11.2. The maximum Gasteiger partial charge on any atom is 1.00 e. The van der Waals surface area contributed by atoms with Crippen molar-refractivity contribution >= 4 is 11.9 Å². The summed E-state index contributed by atoms with van der Waals surface area (Å²) >= 11 is 0. The molecule has 5 heteroatoms. The van der Waals surface area contributed by atoms with Crippen molar-refractivity contribution in [3.63, 3.8) is 0 Å². The van der Waals surface area contributed by atoms with Crippen LogP contribution in [0, 0.1) is 0 Å². The Hall–Kier alpha value is -0.320. The van der Waals surface area contributed by atoms with E-state index >= 15 is 0 Å². The number of carbonyl (C=O) groups is 2. The molecule has 0 aromatic heterocycles. The smallest absolute Gasteiger partial charge is 1.00 e. The molecule has 0 aliphatic carbocycles. The average molecular weight is 393 g/mol. The Morgan fingerprint density at radius 1 is 0.667 bits per heavy atom. The first-order valence-corrected chi connectivity index (χ1v) is 10.7. The van der Waals surface area contributed by atoms with Crippen LogP contribution in [0.2, 0.25) is 0 Å². The SMILES string of the molecule is CCCCCCCCCCCCCCCCCC/C(=C\C(=O)O)C(=O)O.[H-].[Na+]. The van der Waals surface area contributed by atoms with E-state index in [-0.39, 0.29) is 36.6 Å². The Morgan fingerprint density at radius 3 is 1.30 bits per heavy atom. The van der Waals surface area contributed by atoms with Gasteiger partial charge in [0.1, 0.15) is 0 Å². The first-order chi connectivity index (χ1) is 12.6. The number of hydrogen-bond donors (Lipinski definition) is 2. The monoisotopic (exact) mass is 392 g/mol. The van der Waals surface area contributed by atoms with Gasteiger partial charge in [-0.1, -0.05) is 103 Å². The second-order valence-electron chi connectivity index (χ2n) is 7.37. The number of unbranched alkanes of at least 4 members (excludes halogenated alkanes) is 15. The summed E-state index contributed by atoms with van der Waals surface area (Å²) in [4.78, 5) is 21.4. The van der Waals surface area contributed by atoms with Gasteiger partial charge in [-0.15, -0.1) is 0 Å². The first kappa shape index (κ1) is 28.9. The standard InChI is InChI=1S/C22H40O4.Na.H/c1-2-3-4-5-6-7-8-9-10-11-12-13-14-15-16-17-18-20(22(25)26)19-21(23)24;;/h19H,2-18H2,1H3,(H,23,24)(H,25,26);;/q;+1;-1/b20-19+;;. The minimum Gasteiger partial charge on any atom is -1.00 e. The fourth-order valence-corrected chi connectivity index (χ4v) is 3.25. The largest absolute Gasteiger partial charge is 1.00 e. The van der Waals surface area contributed by atoms with Crippen LogP contribution in [0.4, 0.5) is 0 Å². The van der Waals surface area contributed by atoms with Crippen LogP contribution >= 0.6 is 0 Å². The third kappa shape index (κ3) is 21.8.